The second-order valence-electron chi connectivity index (χ2n) is 5.57. The molecule has 0 aliphatic carbocycles. The number of nitro groups is 1. The number of benzene rings is 1. The number of anilines is 1. The number of ether oxygens (including phenoxy) is 1. The summed E-state index contributed by atoms with van der Waals surface area (Å²) in [5.74, 6) is 0.316. The third-order valence-electron chi connectivity index (χ3n) is 4.57. The third-order valence-corrected chi connectivity index (χ3v) is 4.57. The number of fused-ring (bicyclic) bond motifs is 2. The number of hydrogen-bond donors (Lipinski definition) is 0. The summed E-state index contributed by atoms with van der Waals surface area (Å²) < 4.78 is 5.05. The van der Waals surface area contributed by atoms with Crippen LogP contribution in [0.5, 0.6) is 5.75 Å². The Bertz CT molecular complexity index is 520. The van der Waals surface area contributed by atoms with Crippen LogP contribution in [0.25, 0.3) is 0 Å². The number of hydrogen-bond acceptors (Lipinski definition) is 5. The molecule has 0 aromatic heterocycles. The fraction of sp³-hybridized carbons (Fsp3) is 0.571. The number of nitro benzene ring substituents is 1. The lowest BCUT2D eigenvalue weighted by Crippen LogP contribution is -2.52. The molecule has 0 radical (unpaired) electrons. The lowest BCUT2D eigenvalue weighted by Gasteiger charge is -2.40. The number of likely N-dealkylation sites (N-methyl/N-ethyl adjacent to an activating group) is 1. The van der Waals surface area contributed by atoms with Gasteiger partial charge in [0, 0.05) is 36.9 Å². The first kappa shape index (κ1) is 13.2. The summed E-state index contributed by atoms with van der Waals surface area (Å²) in [4.78, 5) is 15.4. The Morgan fingerprint density at radius 2 is 1.95 bits per heavy atom. The zero-order chi connectivity index (χ0) is 14.3. The number of nitrogens with zero attached hydrogens (tertiary/aromatic N) is 3. The van der Waals surface area contributed by atoms with Gasteiger partial charge in [-0.1, -0.05) is 0 Å². The van der Waals surface area contributed by atoms with Crippen molar-refractivity contribution >= 4 is 11.4 Å². The highest BCUT2D eigenvalue weighted by molar-refractivity contribution is 5.60. The molecule has 2 heterocycles. The molecule has 3 rings (SSSR count). The predicted octanol–water partition coefficient (Wildman–Crippen LogP) is 1.89. The van der Waals surface area contributed by atoms with Gasteiger partial charge in [0.2, 0.25) is 0 Å². The zero-order valence-electron chi connectivity index (χ0n) is 11.8. The van der Waals surface area contributed by atoms with Crippen LogP contribution in [0.1, 0.15) is 12.8 Å². The van der Waals surface area contributed by atoms with E-state index in [1.807, 2.05) is 6.07 Å². The highest BCUT2D eigenvalue weighted by Gasteiger charge is 2.37. The van der Waals surface area contributed by atoms with Gasteiger partial charge in [0.15, 0.2) is 5.75 Å². The molecule has 0 spiro atoms. The Morgan fingerprint density at radius 3 is 2.50 bits per heavy atom. The topological polar surface area (TPSA) is 58.8 Å². The molecule has 0 saturated carbocycles. The Kier molecular flexibility index (Phi) is 3.25. The first-order valence-corrected chi connectivity index (χ1v) is 6.89. The molecule has 0 N–H and O–H groups in total. The maximum atomic E-state index is 11.1. The van der Waals surface area contributed by atoms with Crippen LogP contribution >= 0.6 is 0 Å². The Balaban J connectivity index is 1.88. The van der Waals surface area contributed by atoms with Gasteiger partial charge in [-0.3, -0.25) is 15.0 Å². The Hall–Kier alpha value is -1.82. The van der Waals surface area contributed by atoms with Gasteiger partial charge >= 0.3 is 5.69 Å². The molecule has 6 nitrogen and oxygen atoms in total. The maximum absolute atomic E-state index is 11.1. The molecule has 2 fully saturated rings. The first-order valence-electron chi connectivity index (χ1n) is 6.89. The average Bonchev–Trinajstić information content (AvgIpc) is 2.68. The molecule has 2 aliphatic heterocycles. The first-order chi connectivity index (χ1) is 9.60. The lowest BCUT2D eigenvalue weighted by molar-refractivity contribution is -0.385. The second-order valence-corrected chi connectivity index (χ2v) is 5.57. The van der Waals surface area contributed by atoms with E-state index in [4.69, 9.17) is 4.74 Å². The summed E-state index contributed by atoms with van der Waals surface area (Å²) in [5.41, 5.74) is 0.957. The number of methoxy groups -OCH3 is 1. The van der Waals surface area contributed by atoms with E-state index in [9.17, 15) is 10.1 Å². The lowest BCUT2D eigenvalue weighted by atomic mass is 10.1. The van der Waals surface area contributed by atoms with Gasteiger partial charge < -0.3 is 9.64 Å². The van der Waals surface area contributed by atoms with Crippen LogP contribution in [-0.4, -0.2) is 49.2 Å². The largest absolute Gasteiger partial charge is 0.490 e. The highest BCUT2D eigenvalue weighted by atomic mass is 16.6. The van der Waals surface area contributed by atoms with Crippen molar-refractivity contribution in [2.45, 2.75) is 24.9 Å². The van der Waals surface area contributed by atoms with Crippen LogP contribution in [-0.2, 0) is 0 Å². The normalized spacial score (nSPS) is 25.8. The molecule has 20 heavy (non-hydrogen) atoms. The minimum atomic E-state index is -0.382. The van der Waals surface area contributed by atoms with Crippen molar-refractivity contribution in [2.75, 3.05) is 32.1 Å². The third kappa shape index (κ3) is 2.10. The van der Waals surface area contributed by atoms with E-state index in [1.54, 1.807) is 12.1 Å². The van der Waals surface area contributed by atoms with Crippen molar-refractivity contribution in [2.24, 2.45) is 0 Å². The summed E-state index contributed by atoms with van der Waals surface area (Å²) in [6, 6.07) is 6.36. The number of rotatable bonds is 3. The monoisotopic (exact) mass is 277 g/mol. The molecule has 0 unspecified atom stereocenters. The highest BCUT2D eigenvalue weighted by Crippen LogP contribution is 2.35. The fourth-order valence-electron chi connectivity index (χ4n) is 3.34. The molecule has 2 bridgehead atoms. The molecule has 2 atom stereocenters. The minimum Gasteiger partial charge on any atom is -0.490 e. The summed E-state index contributed by atoms with van der Waals surface area (Å²) >= 11 is 0. The van der Waals surface area contributed by atoms with Gasteiger partial charge in [-0.05, 0) is 32.0 Å². The van der Waals surface area contributed by atoms with Crippen molar-refractivity contribution < 1.29 is 9.66 Å². The van der Waals surface area contributed by atoms with Crippen molar-refractivity contribution in [3.8, 4) is 5.75 Å². The zero-order valence-corrected chi connectivity index (χ0v) is 11.8. The van der Waals surface area contributed by atoms with E-state index < -0.39 is 0 Å². The molecule has 2 saturated heterocycles. The van der Waals surface area contributed by atoms with Crippen molar-refractivity contribution in [3.05, 3.63) is 28.3 Å². The van der Waals surface area contributed by atoms with Gasteiger partial charge in [0.1, 0.15) is 0 Å². The summed E-state index contributed by atoms with van der Waals surface area (Å²) in [5, 5.41) is 11.1. The quantitative estimate of drug-likeness (QED) is 0.623. The summed E-state index contributed by atoms with van der Waals surface area (Å²) in [6.45, 7) is 1.88. The molecule has 1 aromatic rings. The standard InChI is InChI=1S/C14H19N3O3/c1-15-11-3-4-12(15)9-16(8-11)10-5-6-14(20-2)13(7-10)17(18)19/h5-7,11-12H,3-4,8-9H2,1-2H3/t11-,12+. The van der Waals surface area contributed by atoms with Gasteiger partial charge in [0.25, 0.3) is 0 Å². The van der Waals surface area contributed by atoms with E-state index in [0.29, 0.717) is 17.8 Å². The molecule has 0 amide bonds. The smallest absolute Gasteiger partial charge is 0.312 e. The van der Waals surface area contributed by atoms with Gasteiger partial charge in [-0.25, -0.2) is 0 Å². The van der Waals surface area contributed by atoms with Crippen molar-refractivity contribution in [1.82, 2.24) is 4.90 Å². The van der Waals surface area contributed by atoms with Gasteiger partial charge in [-0.15, -0.1) is 0 Å². The minimum absolute atomic E-state index is 0.0382. The Morgan fingerprint density at radius 1 is 1.30 bits per heavy atom. The second kappa shape index (κ2) is 4.94. The van der Waals surface area contributed by atoms with Crippen LogP contribution in [0.3, 0.4) is 0 Å². The van der Waals surface area contributed by atoms with Gasteiger partial charge in [0.05, 0.1) is 12.0 Å². The number of piperazine rings is 1. The van der Waals surface area contributed by atoms with Crippen molar-refractivity contribution in [1.29, 1.82) is 0 Å². The van der Waals surface area contributed by atoms with Crippen LogP contribution in [0.15, 0.2) is 18.2 Å². The van der Waals surface area contributed by atoms with E-state index >= 15 is 0 Å². The Labute approximate surface area is 118 Å². The predicted molar refractivity (Wildman–Crippen MR) is 76.4 cm³/mol. The van der Waals surface area contributed by atoms with E-state index in [0.717, 1.165) is 18.8 Å². The van der Waals surface area contributed by atoms with E-state index in [2.05, 4.69) is 16.8 Å². The summed E-state index contributed by atoms with van der Waals surface area (Å²) in [7, 11) is 3.63. The van der Waals surface area contributed by atoms with Crippen LogP contribution in [0.4, 0.5) is 11.4 Å². The van der Waals surface area contributed by atoms with E-state index in [-0.39, 0.29) is 10.6 Å². The fourth-order valence-corrected chi connectivity index (χ4v) is 3.34. The molecular weight excluding hydrogens is 258 g/mol. The van der Waals surface area contributed by atoms with Crippen LogP contribution in [0.2, 0.25) is 0 Å². The van der Waals surface area contributed by atoms with E-state index in [1.165, 1.54) is 20.0 Å². The van der Waals surface area contributed by atoms with Crippen LogP contribution in [0, 0.1) is 10.1 Å². The van der Waals surface area contributed by atoms with Crippen molar-refractivity contribution in [3.63, 3.8) is 0 Å². The van der Waals surface area contributed by atoms with Gasteiger partial charge in [-0.2, -0.15) is 0 Å². The SMILES string of the molecule is COc1ccc(N2C[C@H]3CC[C@@H](C2)N3C)cc1[N+](=O)[O-]. The summed E-state index contributed by atoms with van der Waals surface area (Å²) in [6.07, 6.45) is 2.44. The van der Waals surface area contributed by atoms with Crippen LogP contribution < -0.4 is 9.64 Å². The molecular formula is C14H19N3O3. The maximum Gasteiger partial charge on any atom is 0.312 e. The molecule has 108 valence electrons. The average molecular weight is 277 g/mol. The molecule has 2 aliphatic rings. The molecule has 6 heteroatoms. The molecule has 1 aromatic carbocycles.